The quantitative estimate of drug-likeness (QED) is 0.713. The fourth-order valence-corrected chi connectivity index (χ4v) is 2.29. The van der Waals surface area contributed by atoms with Crippen LogP contribution in [0.5, 0.6) is 5.75 Å². The predicted octanol–water partition coefficient (Wildman–Crippen LogP) is 4.52. The number of carbonyl (C=O) groups excluding carboxylic acids is 2. The highest BCUT2D eigenvalue weighted by Gasteiger charge is 2.31. The van der Waals surface area contributed by atoms with Crippen molar-refractivity contribution in [2.45, 2.75) is 25.7 Å². The lowest BCUT2D eigenvalue weighted by molar-refractivity contribution is -0.274. The number of Topliss-reactive ketones (excluding diaryl/α,β-unsaturated/α-hetero) is 1. The van der Waals surface area contributed by atoms with E-state index in [4.69, 9.17) is 11.6 Å². The molecule has 8 heteroatoms. The van der Waals surface area contributed by atoms with E-state index in [1.807, 2.05) is 0 Å². The Kier molecular flexibility index (Phi) is 6.63. The molecule has 1 amide bonds. The molecule has 138 valence electrons. The molecule has 0 saturated heterocycles. The lowest BCUT2D eigenvalue weighted by atomic mass is 10.1. The van der Waals surface area contributed by atoms with Gasteiger partial charge in [0, 0.05) is 35.5 Å². The molecule has 0 spiro atoms. The summed E-state index contributed by atoms with van der Waals surface area (Å²) >= 11 is 5.74. The second-order valence-electron chi connectivity index (χ2n) is 5.36. The van der Waals surface area contributed by atoms with E-state index in [1.165, 1.54) is 24.3 Å². The summed E-state index contributed by atoms with van der Waals surface area (Å²) in [5.41, 5.74) is 0.619. The number of benzene rings is 2. The highest BCUT2D eigenvalue weighted by Crippen LogP contribution is 2.26. The summed E-state index contributed by atoms with van der Waals surface area (Å²) in [7, 11) is 0. The minimum atomic E-state index is -4.81. The Balaban J connectivity index is 1.85. The molecule has 0 saturated carbocycles. The lowest BCUT2D eigenvalue weighted by Gasteiger charge is -2.13. The Hall–Kier alpha value is -2.54. The van der Waals surface area contributed by atoms with Crippen molar-refractivity contribution < 1.29 is 27.5 Å². The minimum Gasteiger partial charge on any atom is -0.405 e. The van der Waals surface area contributed by atoms with Gasteiger partial charge in [-0.15, -0.1) is 13.2 Å². The molecule has 1 N–H and O–H groups in total. The monoisotopic (exact) mass is 385 g/mol. The first-order chi connectivity index (χ1) is 12.2. The molecule has 2 rings (SSSR count). The molecule has 0 aliphatic rings. The van der Waals surface area contributed by atoms with E-state index in [9.17, 15) is 22.8 Å². The van der Waals surface area contributed by atoms with Gasteiger partial charge in [-0.2, -0.15) is 0 Å². The van der Waals surface area contributed by atoms with Crippen LogP contribution >= 0.6 is 11.6 Å². The van der Waals surface area contributed by atoms with Gasteiger partial charge in [0.25, 0.3) is 0 Å². The van der Waals surface area contributed by atoms with Crippen molar-refractivity contribution in [1.82, 2.24) is 5.32 Å². The molecule has 0 aromatic heterocycles. The van der Waals surface area contributed by atoms with Gasteiger partial charge in [0.15, 0.2) is 5.78 Å². The molecule has 0 radical (unpaired) electrons. The van der Waals surface area contributed by atoms with E-state index in [2.05, 4.69) is 10.1 Å². The van der Waals surface area contributed by atoms with Gasteiger partial charge in [-0.25, -0.2) is 0 Å². The summed E-state index contributed by atoms with van der Waals surface area (Å²) in [6.45, 7) is -0.139. The number of halogens is 4. The van der Waals surface area contributed by atoms with Crippen LogP contribution in [0, 0.1) is 0 Å². The van der Waals surface area contributed by atoms with E-state index in [-0.39, 0.29) is 36.5 Å². The summed E-state index contributed by atoms with van der Waals surface area (Å²) in [6, 6.07) is 11.8. The first kappa shape index (κ1) is 19.8. The van der Waals surface area contributed by atoms with Gasteiger partial charge >= 0.3 is 6.36 Å². The smallest absolute Gasteiger partial charge is 0.405 e. The van der Waals surface area contributed by atoms with Gasteiger partial charge < -0.3 is 10.1 Å². The van der Waals surface area contributed by atoms with Crippen molar-refractivity contribution in [2.75, 3.05) is 0 Å². The Morgan fingerprint density at radius 2 is 1.65 bits per heavy atom. The van der Waals surface area contributed by atoms with Crippen molar-refractivity contribution >= 4 is 23.3 Å². The Labute approximate surface area is 152 Å². The summed E-state index contributed by atoms with van der Waals surface area (Å²) in [5.74, 6) is -1.05. The highest BCUT2D eigenvalue weighted by atomic mass is 35.5. The average molecular weight is 386 g/mol. The maximum absolute atomic E-state index is 12.4. The van der Waals surface area contributed by atoms with Gasteiger partial charge in [-0.1, -0.05) is 29.8 Å². The molecule has 2 aromatic rings. The molecule has 0 unspecified atom stereocenters. The predicted molar refractivity (Wildman–Crippen MR) is 90.0 cm³/mol. The molecular formula is C18H15ClF3NO3. The third kappa shape index (κ3) is 6.40. The average Bonchev–Trinajstić information content (AvgIpc) is 2.58. The second-order valence-corrected chi connectivity index (χ2v) is 5.80. The third-order valence-corrected chi connectivity index (χ3v) is 3.67. The molecule has 26 heavy (non-hydrogen) atoms. The second kappa shape index (κ2) is 8.71. The fourth-order valence-electron chi connectivity index (χ4n) is 2.16. The first-order valence-corrected chi connectivity index (χ1v) is 8.01. The van der Waals surface area contributed by atoms with Gasteiger partial charge in [0.2, 0.25) is 5.91 Å². The van der Waals surface area contributed by atoms with Crippen LogP contribution in [-0.2, 0) is 11.3 Å². The van der Waals surface area contributed by atoms with Gasteiger partial charge in [0.1, 0.15) is 5.75 Å². The summed E-state index contributed by atoms with van der Waals surface area (Å²) in [5, 5.41) is 2.98. The number of alkyl halides is 3. The number of nitrogens with one attached hydrogen (secondary N) is 1. The molecule has 4 nitrogen and oxygen atoms in total. The van der Waals surface area contributed by atoms with Crippen LogP contribution in [0.3, 0.4) is 0 Å². The lowest BCUT2D eigenvalue weighted by Crippen LogP contribution is -2.24. The molecule has 0 aliphatic carbocycles. The number of para-hydroxylation sites is 1. The SMILES string of the molecule is O=C(CCC(=O)c1ccc(Cl)cc1)NCc1ccccc1OC(F)(F)F. The van der Waals surface area contributed by atoms with Crippen LogP contribution in [0.2, 0.25) is 5.02 Å². The maximum Gasteiger partial charge on any atom is 0.573 e. The molecule has 0 aliphatic heterocycles. The number of amides is 1. The van der Waals surface area contributed by atoms with E-state index in [0.717, 1.165) is 0 Å². The molecule has 0 atom stereocenters. The van der Waals surface area contributed by atoms with Crippen LogP contribution in [-0.4, -0.2) is 18.1 Å². The summed E-state index contributed by atoms with van der Waals surface area (Å²) in [6.07, 6.45) is -4.91. The maximum atomic E-state index is 12.4. The summed E-state index contributed by atoms with van der Waals surface area (Å²) in [4.78, 5) is 23.8. The largest absolute Gasteiger partial charge is 0.573 e. The number of rotatable bonds is 7. The van der Waals surface area contributed by atoms with E-state index in [1.54, 1.807) is 24.3 Å². The van der Waals surface area contributed by atoms with Crippen LogP contribution in [0.25, 0.3) is 0 Å². The molecule has 0 heterocycles. The van der Waals surface area contributed by atoms with Gasteiger partial charge in [0.05, 0.1) is 0 Å². The number of ketones is 1. The third-order valence-electron chi connectivity index (χ3n) is 3.42. The summed E-state index contributed by atoms with van der Waals surface area (Å²) < 4.78 is 41.0. The van der Waals surface area contributed by atoms with Crippen LogP contribution in [0.1, 0.15) is 28.8 Å². The van der Waals surface area contributed by atoms with Crippen molar-refractivity contribution in [1.29, 1.82) is 0 Å². The van der Waals surface area contributed by atoms with Crippen molar-refractivity contribution in [3.05, 3.63) is 64.7 Å². The standard InChI is InChI=1S/C18H15ClF3NO3/c19-14-7-5-12(6-8-14)15(24)9-10-17(25)23-11-13-3-1-2-4-16(13)26-18(20,21)22/h1-8H,9-11H2,(H,23,25). The molecule has 2 aromatic carbocycles. The minimum absolute atomic E-state index is 0.0197. The van der Waals surface area contributed by atoms with Crippen LogP contribution in [0.15, 0.2) is 48.5 Å². The van der Waals surface area contributed by atoms with Crippen molar-refractivity contribution in [2.24, 2.45) is 0 Å². The molecule has 0 bridgehead atoms. The van der Waals surface area contributed by atoms with E-state index >= 15 is 0 Å². The normalized spacial score (nSPS) is 11.1. The highest BCUT2D eigenvalue weighted by molar-refractivity contribution is 6.30. The zero-order valence-corrected chi connectivity index (χ0v) is 14.2. The first-order valence-electron chi connectivity index (χ1n) is 7.64. The Morgan fingerprint density at radius 3 is 2.31 bits per heavy atom. The topological polar surface area (TPSA) is 55.4 Å². The van der Waals surface area contributed by atoms with Crippen LogP contribution in [0.4, 0.5) is 13.2 Å². The van der Waals surface area contributed by atoms with Gasteiger partial charge in [-0.05, 0) is 30.3 Å². The number of hydrogen-bond acceptors (Lipinski definition) is 3. The number of carbonyl (C=O) groups is 2. The Morgan fingerprint density at radius 1 is 1.00 bits per heavy atom. The zero-order chi connectivity index (χ0) is 19.2. The van der Waals surface area contributed by atoms with Crippen LogP contribution < -0.4 is 10.1 Å². The Bertz CT molecular complexity index is 776. The molecule has 0 fully saturated rings. The van der Waals surface area contributed by atoms with E-state index < -0.39 is 12.3 Å². The number of ether oxygens (including phenoxy) is 1. The fraction of sp³-hybridized carbons (Fsp3) is 0.222. The molecular weight excluding hydrogens is 371 g/mol. The van der Waals surface area contributed by atoms with Crippen molar-refractivity contribution in [3.8, 4) is 5.75 Å². The van der Waals surface area contributed by atoms with E-state index in [0.29, 0.717) is 10.6 Å². The zero-order valence-electron chi connectivity index (χ0n) is 13.5. The van der Waals surface area contributed by atoms with Gasteiger partial charge in [-0.3, -0.25) is 9.59 Å². The van der Waals surface area contributed by atoms with Crippen molar-refractivity contribution in [3.63, 3.8) is 0 Å². The number of hydrogen-bond donors (Lipinski definition) is 1.